The van der Waals surface area contributed by atoms with Crippen molar-refractivity contribution in [1.29, 1.82) is 0 Å². The van der Waals surface area contributed by atoms with Crippen molar-refractivity contribution in [2.24, 2.45) is 11.8 Å². The second-order valence-electron chi connectivity index (χ2n) is 14.5. The number of alkyl carbamates (subject to hydrolysis) is 2. The number of benzene rings is 1. The number of aliphatic hydroxyl groups is 1. The molecular formula is C36H46N10O6S2. The highest BCUT2D eigenvalue weighted by Crippen LogP contribution is 2.39. The molecule has 0 saturated carbocycles. The minimum Gasteiger partial charge on any atom is -0.453 e. The number of ether oxygens (including phenoxy) is 2. The van der Waals surface area contributed by atoms with Crippen LogP contribution >= 0.6 is 22.7 Å². The number of rotatable bonds is 11. The molecule has 0 aliphatic carbocycles. The summed E-state index contributed by atoms with van der Waals surface area (Å²) in [7, 11) is 2.60. The zero-order valence-corrected chi connectivity index (χ0v) is 32.7. The van der Waals surface area contributed by atoms with Crippen LogP contribution in [0.2, 0.25) is 0 Å². The summed E-state index contributed by atoms with van der Waals surface area (Å²) < 4.78 is 11.6. The Morgan fingerprint density at radius 1 is 0.815 bits per heavy atom. The fraction of sp³-hybridized carbons (Fsp3) is 0.528. The number of amides is 3. The summed E-state index contributed by atoms with van der Waals surface area (Å²) in [6.45, 7) is 8.95. The minimum atomic E-state index is -0.910. The van der Waals surface area contributed by atoms with E-state index < -0.39 is 30.5 Å². The van der Waals surface area contributed by atoms with Crippen LogP contribution in [0.15, 0.2) is 24.5 Å². The molecule has 16 nitrogen and oxygen atoms in total. The van der Waals surface area contributed by atoms with E-state index in [4.69, 9.17) is 24.4 Å². The molecule has 0 bridgehead atoms. The van der Waals surface area contributed by atoms with Gasteiger partial charge < -0.3 is 40.1 Å². The van der Waals surface area contributed by atoms with Crippen molar-refractivity contribution in [3.8, 4) is 21.4 Å². The fourth-order valence-corrected chi connectivity index (χ4v) is 9.37. The maximum atomic E-state index is 13.6. The van der Waals surface area contributed by atoms with E-state index in [1.807, 2.05) is 38.7 Å². The predicted octanol–water partition coefficient (Wildman–Crippen LogP) is 5.57. The standard InChI is InChI=1S/C36H46N10O6S2/c1-17(2)27(43-35(49)51-5)33(47)45-11-7-9-23(45)29-37-15-21(39-29)31-41-19-13-20-26(14-25(19)53-31)54-32(42-20)22-16-38-30(40-22)24-10-8-12-46(24)34(48)28(18(3)4)44-36(50)52-6/h13-18,23-24,27-28,33,47H,7-12H2,1-6H3,(H,37,39)(H,38,40)(H,43,49)(H,44,50)/t23-,24-,27-,28-,33?/m0/s1. The van der Waals surface area contributed by atoms with Crippen LogP contribution in [0.5, 0.6) is 0 Å². The number of fused-ring (bicyclic) bond motifs is 2. The normalized spacial score (nSPS) is 19.5. The Morgan fingerprint density at radius 3 is 1.94 bits per heavy atom. The molecule has 5 aromatic rings. The molecule has 54 heavy (non-hydrogen) atoms. The number of nitrogens with one attached hydrogen (secondary N) is 4. The molecule has 5 atom stereocenters. The van der Waals surface area contributed by atoms with Gasteiger partial charge in [-0.2, -0.15) is 0 Å². The number of carbonyl (C=O) groups is 3. The number of aromatic nitrogens is 6. The largest absolute Gasteiger partial charge is 0.453 e. The molecule has 2 fully saturated rings. The number of likely N-dealkylation sites (tertiary alicyclic amines) is 2. The molecular weight excluding hydrogens is 733 g/mol. The van der Waals surface area contributed by atoms with E-state index in [-0.39, 0.29) is 29.8 Å². The molecule has 2 aliphatic rings. The highest BCUT2D eigenvalue weighted by molar-refractivity contribution is 7.23. The van der Waals surface area contributed by atoms with Crippen LogP contribution in [0.3, 0.4) is 0 Å². The maximum Gasteiger partial charge on any atom is 0.407 e. The van der Waals surface area contributed by atoms with E-state index in [0.29, 0.717) is 18.9 Å². The predicted molar refractivity (Wildman–Crippen MR) is 205 cm³/mol. The number of hydrogen-bond donors (Lipinski definition) is 5. The van der Waals surface area contributed by atoms with Gasteiger partial charge in [0.1, 0.15) is 33.9 Å². The van der Waals surface area contributed by atoms with Crippen molar-refractivity contribution < 1.29 is 29.0 Å². The summed E-state index contributed by atoms with van der Waals surface area (Å²) in [5, 5.41) is 18.4. The number of methoxy groups -OCH3 is 2. The van der Waals surface area contributed by atoms with Crippen molar-refractivity contribution in [2.45, 2.75) is 83.8 Å². The zero-order valence-electron chi connectivity index (χ0n) is 31.1. The number of nitrogens with zero attached hydrogens (tertiary/aromatic N) is 6. The maximum absolute atomic E-state index is 13.6. The van der Waals surface area contributed by atoms with Crippen LogP contribution in [0, 0.1) is 11.8 Å². The summed E-state index contributed by atoms with van der Waals surface area (Å²) in [4.78, 5) is 67.4. The molecule has 1 unspecified atom stereocenters. The van der Waals surface area contributed by atoms with Crippen LogP contribution in [-0.4, -0.2) is 109 Å². The molecule has 0 spiro atoms. The molecule has 0 radical (unpaired) electrons. The number of H-pyrrole nitrogens is 2. The lowest BCUT2D eigenvalue weighted by Gasteiger charge is -2.35. The monoisotopic (exact) mass is 778 g/mol. The lowest BCUT2D eigenvalue weighted by atomic mass is 10.0. The van der Waals surface area contributed by atoms with E-state index in [1.54, 1.807) is 40.0 Å². The third-order valence-electron chi connectivity index (χ3n) is 10.3. The molecule has 6 heterocycles. The number of aliphatic hydroxyl groups excluding tert-OH is 1. The lowest BCUT2D eigenvalue weighted by Crippen LogP contribution is -2.54. The topological polar surface area (TPSA) is 204 Å². The van der Waals surface area contributed by atoms with E-state index >= 15 is 0 Å². The summed E-state index contributed by atoms with van der Waals surface area (Å²) in [5.74, 6) is 1.15. The highest BCUT2D eigenvalue weighted by Gasteiger charge is 2.39. The zero-order chi connectivity index (χ0) is 38.3. The summed E-state index contributed by atoms with van der Waals surface area (Å²) in [6.07, 6.45) is 4.74. The minimum absolute atomic E-state index is 0.0191. The van der Waals surface area contributed by atoms with Crippen molar-refractivity contribution >= 4 is 61.2 Å². The van der Waals surface area contributed by atoms with Gasteiger partial charge in [0.05, 0.1) is 76.6 Å². The van der Waals surface area contributed by atoms with Crippen LogP contribution in [0.25, 0.3) is 41.8 Å². The van der Waals surface area contributed by atoms with Crippen LogP contribution in [0.1, 0.15) is 77.1 Å². The van der Waals surface area contributed by atoms with Gasteiger partial charge in [-0.25, -0.2) is 29.5 Å². The molecule has 288 valence electrons. The van der Waals surface area contributed by atoms with Gasteiger partial charge in [0.2, 0.25) is 5.91 Å². The van der Waals surface area contributed by atoms with Gasteiger partial charge >= 0.3 is 12.2 Å². The lowest BCUT2D eigenvalue weighted by molar-refractivity contribution is -0.135. The number of thiazole rings is 2. The first-order valence-corrected chi connectivity index (χ1v) is 19.8. The SMILES string of the molecule is COC(=O)N[C@@H](C(C)C)C(O)N1CCC[C@H]1c1ncc(-c2nc3cc4nc(-c5cnc([C@@H]6CCCN6C(=O)[C@@H](NC(=O)OC)C(C)C)[nH]5)sc4cc3s2)[nH]1. The number of aromatic amines is 2. The Bertz CT molecular complexity index is 2090. The molecule has 2 aliphatic heterocycles. The van der Waals surface area contributed by atoms with Crippen molar-refractivity contribution in [2.75, 3.05) is 27.3 Å². The van der Waals surface area contributed by atoms with E-state index in [2.05, 4.69) is 31.7 Å². The van der Waals surface area contributed by atoms with Crippen LogP contribution < -0.4 is 10.6 Å². The van der Waals surface area contributed by atoms with E-state index in [1.165, 1.54) is 14.2 Å². The van der Waals surface area contributed by atoms with Crippen molar-refractivity contribution in [3.05, 3.63) is 36.2 Å². The summed E-state index contributed by atoms with van der Waals surface area (Å²) >= 11 is 3.12. The fourth-order valence-electron chi connectivity index (χ4n) is 7.39. The summed E-state index contributed by atoms with van der Waals surface area (Å²) in [5.41, 5.74) is 3.21. The van der Waals surface area contributed by atoms with Crippen LogP contribution in [-0.2, 0) is 14.3 Å². The third kappa shape index (κ3) is 7.39. The van der Waals surface area contributed by atoms with Crippen LogP contribution in [0.4, 0.5) is 9.59 Å². The number of imidazole rings is 2. The number of hydrogen-bond acceptors (Lipinski definition) is 13. The molecule has 3 amide bonds. The highest BCUT2D eigenvalue weighted by atomic mass is 32.1. The first-order chi connectivity index (χ1) is 25.9. The smallest absolute Gasteiger partial charge is 0.407 e. The first-order valence-electron chi connectivity index (χ1n) is 18.2. The van der Waals surface area contributed by atoms with Gasteiger partial charge in [-0.1, -0.05) is 27.7 Å². The van der Waals surface area contributed by atoms with E-state index in [0.717, 1.165) is 73.3 Å². The Hall–Kier alpha value is -4.65. The Labute approximate surface area is 320 Å². The van der Waals surface area contributed by atoms with Gasteiger partial charge in [-0.3, -0.25) is 9.69 Å². The van der Waals surface area contributed by atoms with E-state index in [9.17, 15) is 19.5 Å². The Morgan fingerprint density at radius 2 is 1.37 bits per heavy atom. The Kier molecular flexibility index (Phi) is 10.9. The molecule has 1 aromatic carbocycles. The van der Waals surface area contributed by atoms with Crippen molar-refractivity contribution in [1.82, 2.24) is 50.3 Å². The van der Waals surface area contributed by atoms with Gasteiger partial charge in [0.25, 0.3) is 0 Å². The average molecular weight is 779 g/mol. The molecule has 5 N–H and O–H groups in total. The molecule has 2 saturated heterocycles. The van der Waals surface area contributed by atoms with Crippen molar-refractivity contribution in [3.63, 3.8) is 0 Å². The second-order valence-corrected chi connectivity index (χ2v) is 16.5. The second kappa shape index (κ2) is 15.6. The first kappa shape index (κ1) is 37.7. The van der Waals surface area contributed by atoms with Gasteiger partial charge in [-0.15, -0.1) is 22.7 Å². The Balaban J connectivity index is 1.07. The molecule has 7 rings (SSSR count). The number of carbonyl (C=O) groups excluding carboxylic acids is 3. The molecule has 4 aromatic heterocycles. The summed E-state index contributed by atoms with van der Waals surface area (Å²) in [6, 6.07) is 2.51. The molecule has 18 heteroatoms. The van der Waals surface area contributed by atoms with Gasteiger partial charge in [0, 0.05) is 13.1 Å². The quantitative estimate of drug-likeness (QED) is 0.112. The van der Waals surface area contributed by atoms with Gasteiger partial charge in [-0.05, 0) is 49.7 Å². The average Bonchev–Trinajstić information content (AvgIpc) is 4.00. The third-order valence-corrected chi connectivity index (χ3v) is 12.4. The van der Waals surface area contributed by atoms with Gasteiger partial charge in [0.15, 0.2) is 0 Å².